The van der Waals surface area contributed by atoms with Crippen LogP contribution in [0.2, 0.25) is 4.78 Å². The molecular weight excluding hydrogens is 159 g/mol. The number of rotatable bonds is 3. The Morgan fingerprint density at radius 3 is 2.25 bits per heavy atom. The second-order valence-corrected chi connectivity index (χ2v) is 5.39. The maximum absolute atomic E-state index is 2.32. The van der Waals surface area contributed by atoms with Crippen molar-refractivity contribution in [1.82, 2.24) is 0 Å². The summed E-state index contributed by atoms with van der Waals surface area (Å²) in [6.45, 7) is 4.64. The lowest BCUT2D eigenvalue weighted by Crippen LogP contribution is -2.04. The molecule has 0 bridgehead atoms. The average Bonchev–Trinajstić information content (AvgIpc) is 2.06. The minimum atomic E-state index is 0.844. The molecule has 0 aliphatic heterocycles. The third kappa shape index (κ3) is 3.01. The summed E-state index contributed by atoms with van der Waals surface area (Å²) >= 11 is 1.31. The summed E-state index contributed by atoms with van der Waals surface area (Å²) in [4.78, 5) is 0. The zero-order chi connectivity index (χ0) is 8.97. The van der Waals surface area contributed by atoms with Crippen molar-refractivity contribution in [2.24, 2.45) is 5.92 Å². The zero-order valence-electron chi connectivity index (χ0n) is 8.25. The highest BCUT2D eigenvalue weighted by Crippen LogP contribution is 2.18. The molecule has 0 fully saturated rings. The van der Waals surface area contributed by atoms with Crippen LogP contribution in [0, 0.1) is 5.92 Å². The lowest BCUT2D eigenvalue weighted by molar-refractivity contribution is 0.586. The van der Waals surface area contributed by atoms with Gasteiger partial charge in [-0.3, -0.25) is 0 Å². The molecule has 1 heteroatoms. The van der Waals surface area contributed by atoms with Gasteiger partial charge in [0.25, 0.3) is 0 Å². The second kappa shape index (κ2) is 4.70. The normalized spacial score (nSPS) is 13.2. The summed E-state index contributed by atoms with van der Waals surface area (Å²) in [6.07, 6.45) is 1.27. The van der Waals surface area contributed by atoms with E-state index in [1.165, 1.54) is 28.3 Å². The van der Waals surface area contributed by atoms with Crippen LogP contribution in [0.3, 0.4) is 0 Å². The molecule has 0 aromatic heterocycles. The van der Waals surface area contributed by atoms with Crippen LogP contribution in [-0.2, 0) is 6.42 Å². The van der Waals surface area contributed by atoms with E-state index in [1.807, 2.05) is 0 Å². The fraction of sp³-hybridized carbons (Fsp3) is 0.455. The fourth-order valence-electron chi connectivity index (χ4n) is 1.22. The number of benzene rings is 1. The van der Waals surface area contributed by atoms with Crippen LogP contribution < -0.4 is 0 Å². The molecule has 0 heterocycles. The molecule has 1 unspecified atom stereocenters. The summed E-state index contributed by atoms with van der Waals surface area (Å²) in [5, 5.41) is 0. The van der Waals surface area contributed by atoms with Crippen LogP contribution in [0.1, 0.15) is 19.4 Å². The Hall–Kier alpha value is -0.248. The Morgan fingerprint density at radius 1 is 1.17 bits per heavy atom. The van der Waals surface area contributed by atoms with E-state index in [4.69, 9.17) is 0 Å². The molecule has 0 saturated heterocycles. The highest BCUT2D eigenvalue weighted by molar-refractivity contribution is 6.11. The van der Waals surface area contributed by atoms with Gasteiger partial charge in [0, 0.05) is 0 Å². The van der Waals surface area contributed by atoms with Gasteiger partial charge in [0.15, 0.2) is 0 Å². The average molecular weight is 176 g/mol. The van der Waals surface area contributed by atoms with E-state index in [9.17, 15) is 0 Å². The molecule has 1 aromatic carbocycles. The topological polar surface area (TPSA) is 0 Å². The summed E-state index contributed by atoms with van der Waals surface area (Å²) in [7, 11) is 0. The van der Waals surface area contributed by atoms with Crippen LogP contribution in [0.5, 0.6) is 0 Å². The molecule has 1 aromatic rings. The van der Waals surface area contributed by atoms with Gasteiger partial charge in [0.1, 0.15) is 0 Å². The quantitative estimate of drug-likeness (QED) is 0.620. The van der Waals surface area contributed by atoms with Crippen LogP contribution in [0.15, 0.2) is 30.3 Å². The third-order valence-electron chi connectivity index (χ3n) is 2.54. The summed E-state index contributed by atoms with van der Waals surface area (Å²) in [6, 6.07) is 10.8. The van der Waals surface area contributed by atoms with Crippen molar-refractivity contribution >= 4 is 16.3 Å². The molecular formula is C11H17Al. The largest absolute Gasteiger partial charge is 0.217 e. The fourth-order valence-corrected chi connectivity index (χ4v) is 1.69. The van der Waals surface area contributed by atoms with E-state index in [-0.39, 0.29) is 0 Å². The lowest BCUT2D eigenvalue weighted by Gasteiger charge is -2.15. The molecule has 0 nitrogen and oxygen atoms in total. The maximum Gasteiger partial charge on any atom is 0.217 e. The van der Waals surface area contributed by atoms with E-state index in [1.54, 1.807) is 0 Å². The maximum atomic E-state index is 2.32. The van der Waals surface area contributed by atoms with E-state index >= 15 is 0 Å². The third-order valence-corrected chi connectivity index (χ3v) is 4.28. The van der Waals surface area contributed by atoms with Crippen molar-refractivity contribution in [1.29, 1.82) is 0 Å². The van der Waals surface area contributed by atoms with Crippen molar-refractivity contribution in [3.8, 4) is 0 Å². The van der Waals surface area contributed by atoms with E-state index in [0.717, 1.165) is 10.7 Å². The summed E-state index contributed by atoms with van der Waals surface area (Å²) in [5.41, 5.74) is 1.49. The standard InChI is InChI=1S/C11H15.Al.2H/c1-10(2)8-9-11-6-4-3-5-7-11;;;/h3-8,10H,9H2,1-2H3;;;. The van der Waals surface area contributed by atoms with Crippen molar-refractivity contribution in [3.05, 3.63) is 35.9 Å². The Kier molecular flexibility index (Phi) is 3.85. The predicted molar refractivity (Wildman–Crippen MR) is 57.3 cm³/mol. The van der Waals surface area contributed by atoms with Gasteiger partial charge >= 0.3 is 0 Å². The summed E-state index contributed by atoms with van der Waals surface area (Å²) < 4.78 is 0.924. The minimum Gasteiger partial charge on any atom is -0.0841 e. The smallest absolute Gasteiger partial charge is 0.0841 e. The van der Waals surface area contributed by atoms with Crippen molar-refractivity contribution in [3.63, 3.8) is 0 Å². The molecule has 0 N–H and O–H groups in total. The van der Waals surface area contributed by atoms with Gasteiger partial charge < -0.3 is 0 Å². The molecule has 0 saturated carbocycles. The first-order chi connectivity index (χ1) is 5.70. The van der Waals surface area contributed by atoms with E-state index in [0.29, 0.717) is 0 Å². The van der Waals surface area contributed by atoms with Gasteiger partial charge in [0.05, 0.1) is 0 Å². The molecule has 0 aliphatic rings. The minimum absolute atomic E-state index is 0.844. The number of hydrogen-bond donors (Lipinski definition) is 0. The molecule has 64 valence electrons. The predicted octanol–water partition coefficient (Wildman–Crippen LogP) is 2.31. The van der Waals surface area contributed by atoms with Crippen LogP contribution in [-0.4, -0.2) is 16.3 Å². The Morgan fingerprint density at radius 2 is 1.75 bits per heavy atom. The van der Waals surface area contributed by atoms with Gasteiger partial charge in [-0.25, -0.2) is 0 Å². The zero-order valence-corrected chi connectivity index (χ0v) is 10.2. The Bertz CT molecular complexity index is 216. The highest BCUT2D eigenvalue weighted by Gasteiger charge is 2.07. The molecule has 0 amide bonds. The van der Waals surface area contributed by atoms with E-state index < -0.39 is 0 Å². The van der Waals surface area contributed by atoms with Crippen molar-refractivity contribution in [2.75, 3.05) is 0 Å². The number of hydrogen-bond acceptors (Lipinski definition) is 0. The lowest BCUT2D eigenvalue weighted by atomic mass is 10.0. The first kappa shape index (κ1) is 9.84. The van der Waals surface area contributed by atoms with Crippen LogP contribution >= 0.6 is 0 Å². The van der Waals surface area contributed by atoms with Gasteiger partial charge in [-0.2, -0.15) is 0 Å². The van der Waals surface area contributed by atoms with Crippen LogP contribution in [0.4, 0.5) is 0 Å². The highest BCUT2D eigenvalue weighted by atomic mass is 27.0. The van der Waals surface area contributed by atoms with Gasteiger partial charge in [0.2, 0.25) is 16.3 Å². The van der Waals surface area contributed by atoms with Gasteiger partial charge in [-0.1, -0.05) is 54.9 Å². The molecule has 0 radical (unpaired) electrons. The molecule has 1 rings (SSSR count). The van der Waals surface area contributed by atoms with E-state index in [2.05, 4.69) is 44.2 Å². The second-order valence-electron chi connectivity index (χ2n) is 3.91. The van der Waals surface area contributed by atoms with Gasteiger partial charge in [-0.15, -0.1) is 0 Å². The van der Waals surface area contributed by atoms with Crippen molar-refractivity contribution < 1.29 is 0 Å². The summed E-state index contributed by atoms with van der Waals surface area (Å²) in [5.74, 6) is 0.844. The van der Waals surface area contributed by atoms with Crippen molar-refractivity contribution in [2.45, 2.75) is 25.0 Å². The molecule has 12 heavy (non-hydrogen) atoms. The SMILES string of the molecule is CC(C)[CH]([AlH2])Cc1ccccc1. The molecule has 0 spiro atoms. The Labute approximate surface area is 83.4 Å². The van der Waals surface area contributed by atoms with Crippen LogP contribution in [0.25, 0.3) is 0 Å². The first-order valence-corrected chi connectivity index (χ1v) is 5.89. The monoisotopic (exact) mass is 176 g/mol. The molecule has 1 atom stereocenters. The Balaban J connectivity index is 2.53. The first-order valence-electron chi connectivity index (χ1n) is 4.74. The molecule has 0 aliphatic carbocycles. The van der Waals surface area contributed by atoms with Gasteiger partial charge in [-0.05, 0) is 12.0 Å².